The smallest absolute Gasteiger partial charge is 0.292 e. The van der Waals surface area contributed by atoms with E-state index in [9.17, 15) is 14.4 Å². The Labute approximate surface area is 350 Å². The number of aromatic nitrogens is 7. The van der Waals surface area contributed by atoms with Crippen LogP contribution in [0.15, 0.2) is 83.9 Å². The van der Waals surface area contributed by atoms with E-state index in [1.165, 1.54) is 11.1 Å². The summed E-state index contributed by atoms with van der Waals surface area (Å²) in [5.41, 5.74) is 9.78. The molecule has 0 saturated carbocycles. The number of amides is 3. The molecule has 3 N–H and O–H groups in total. The van der Waals surface area contributed by atoms with Gasteiger partial charge in [-0.3, -0.25) is 29.7 Å². The van der Waals surface area contributed by atoms with Gasteiger partial charge in [0.2, 0.25) is 17.7 Å². The SMILES string of the molecule is Cc1cc(-c2ncnn3cc(-c4ccc(-c5n[nH]cc5CN5CCC(c6ccc(C7CCC(=O)NC7=O)cc6)CC5)s4)cc23)ccc1CNC(=O)c1noc(C(C)(C)C)n1. The third-order valence-corrected chi connectivity index (χ3v) is 12.7. The zero-order chi connectivity index (χ0) is 41.5. The van der Waals surface area contributed by atoms with Crippen molar-refractivity contribution < 1.29 is 18.9 Å². The van der Waals surface area contributed by atoms with Crippen LogP contribution in [-0.4, -0.2) is 70.6 Å². The van der Waals surface area contributed by atoms with Crippen molar-refractivity contribution >= 4 is 34.6 Å². The van der Waals surface area contributed by atoms with Crippen LogP contribution in [0.25, 0.3) is 37.8 Å². The molecule has 5 aromatic heterocycles. The van der Waals surface area contributed by atoms with E-state index in [0.29, 0.717) is 31.2 Å². The fourth-order valence-electron chi connectivity index (χ4n) is 8.15. The number of piperidine rings is 2. The van der Waals surface area contributed by atoms with Crippen LogP contribution < -0.4 is 10.6 Å². The standard InChI is InChI=1S/C45H46N10O4S/c1-26-19-30(9-10-31(26)21-46-43(58)41-51-44(59-53-41)45(2,3)4)39-35-20-32(24-55(35)49-25-47-39)36-12-13-37(60-36)40-33(22-48-52-40)23-54-17-15-28(16-18-54)27-5-7-29(8-6-27)34-11-14-38(56)50-42(34)57/h5-10,12-13,19-20,22,24-25,28,34H,11,14-18,21,23H2,1-4H3,(H,46,58)(H,48,52)(H,50,56,57). The highest BCUT2D eigenvalue weighted by Crippen LogP contribution is 2.38. The Balaban J connectivity index is 0.834. The zero-order valence-electron chi connectivity index (χ0n) is 34.0. The van der Waals surface area contributed by atoms with Crippen LogP contribution in [-0.2, 0) is 28.1 Å². The molecule has 60 heavy (non-hydrogen) atoms. The Morgan fingerprint density at radius 1 is 0.933 bits per heavy atom. The molecule has 7 aromatic rings. The Hall–Kier alpha value is -6.32. The van der Waals surface area contributed by atoms with Crippen molar-refractivity contribution in [1.29, 1.82) is 0 Å². The summed E-state index contributed by atoms with van der Waals surface area (Å²) in [6.07, 6.45) is 8.70. The lowest BCUT2D eigenvalue weighted by Crippen LogP contribution is -2.39. The van der Waals surface area contributed by atoms with Gasteiger partial charge in [0.15, 0.2) is 0 Å². The monoisotopic (exact) mass is 822 g/mol. The van der Waals surface area contributed by atoms with Crippen LogP contribution in [0.1, 0.15) is 103 Å². The van der Waals surface area contributed by atoms with Gasteiger partial charge in [-0.25, -0.2) is 9.50 Å². The molecule has 2 aliphatic rings. The lowest BCUT2D eigenvalue weighted by molar-refractivity contribution is -0.134. The van der Waals surface area contributed by atoms with Gasteiger partial charge in [-0.2, -0.15) is 15.2 Å². The number of nitrogens with one attached hydrogen (secondary N) is 3. The van der Waals surface area contributed by atoms with Crippen molar-refractivity contribution in [3.63, 3.8) is 0 Å². The van der Waals surface area contributed by atoms with Crippen molar-refractivity contribution in [3.8, 4) is 32.3 Å². The number of fused-ring (bicyclic) bond motifs is 1. The maximum atomic E-state index is 12.8. The van der Waals surface area contributed by atoms with E-state index in [-0.39, 0.29) is 34.9 Å². The summed E-state index contributed by atoms with van der Waals surface area (Å²) >= 11 is 1.71. The molecule has 2 aliphatic heterocycles. The summed E-state index contributed by atoms with van der Waals surface area (Å²) in [6, 6.07) is 21.0. The van der Waals surface area contributed by atoms with Crippen LogP contribution in [0.2, 0.25) is 0 Å². The highest BCUT2D eigenvalue weighted by atomic mass is 32.1. The molecule has 1 unspecified atom stereocenters. The number of benzene rings is 2. The average Bonchev–Trinajstić information content (AvgIpc) is 4.07. The number of imide groups is 1. The maximum absolute atomic E-state index is 12.8. The highest BCUT2D eigenvalue weighted by Gasteiger charge is 2.29. The van der Waals surface area contributed by atoms with Crippen molar-refractivity contribution in [2.75, 3.05) is 13.1 Å². The van der Waals surface area contributed by atoms with E-state index in [2.05, 4.69) is 94.5 Å². The quantitative estimate of drug-likeness (QED) is 0.118. The summed E-state index contributed by atoms with van der Waals surface area (Å²) in [5, 5.41) is 21.6. The van der Waals surface area contributed by atoms with Gasteiger partial charge in [0.25, 0.3) is 11.7 Å². The van der Waals surface area contributed by atoms with Gasteiger partial charge in [-0.15, -0.1) is 11.3 Å². The summed E-state index contributed by atoms with van der Waals surface area (Å²) in [7, 11) is 0. The topological polar surface area (TPSA) is 176 Å². The molecular formula is C45H46N10O4S. The van der Waals surface area contributed by atoms with E-state index < -0.39 is 0 Å². The van der Waals surface area contributed by atoms with Crippen LogP contribution in [0.4, 0.5) is 0 Å². The molecule has 9 rings (SSSR count). The Morgan fingerprint density at radius 2 is 1.72 bits per heavy atom. The molecule has 0 aliphatic carbocycles. The molecule has 0 bridgehead atoms. The number of likely N-dealkylation sites (tertiary alicyclic amines) is 1. The number of nitrogens with zero attached hydrogens (tertiary/aromatic N) is 7. The molecule has 3 amide bonds. The van der Waals surface area contributed by atoms with Crippen LogP contribution in [0.5, 0.6) is 0 Å². The zero-order valence-corrected chi connectivity index (χ0v) is 34.8. The molecule has 2 fully saturated rings. The van der Waals surface area contributed by atoms with E-state index >= 15 is 0 Å². The second kappa shape index (κ2) is 16.0. The first-order valence-corrected chi connectivity index (χ1v) is 21.1. The predicted molar refractivity (Wildman–Crippen MR) is 227 cm³/mol. The van der Waals surface area contributed by atoms with Crippen LogP contribution >= 0.6 is 11.3 Å². The number of hydrogen-bond donors (Lipinski definition) is 3. The lowest BCUT2D eigenvalue weighted by Gasteiger charge is -2.32. The van der Waals surface area contributed by atoms with Gasteiger partial charge in [0, 0.05) is 58.9 Å². The molecular weight excluding hydrogens is 777 g/mol. The summed E-state index contributed by atoms with van der Waals surface area (Å²) in [4.78, 5) is 50.3. The molecule has 0 spiro atoms. The molecule has 2 saturated heterocycles. The van der Waals surface area contributed by atoms with Crippen molar-refractivity contribution in [3.05, 3.63) is 119 Å². The third kappa shape index (κ3) is 8.02. The fraction of sp³-hybridized carbons (Fsp3) is 0.333. The number of carbonyl (C=O) groups excluding carboxylic acids is 3. The minimum absolute atomic E-state index is 0.0201. The van der Waals surface area contributed by atoms with Crippen molar-refractivity contribution in [2.24, 2.45) is 0 Å². The predicted octanol–water partition coefficient (Wildman–Crippen LogP) is 7.33. The number of aryl methyl sites for hydroxylation is 1. The highest BCUT2D eigenvalue weighted by molar-refractivity contribution is 7.18. The number of aromatic amines is 1. The Kier molecular flexibility index (Phi) is 10.5. The van der Waals surface area contributed by atoms with Gasteiger partial charge < -0.3 is 9.84 Å². The minimum Gasteiger partial charge on any atom is -0.345 e. The molecule has 14 nitrogen and oxygen atoms in total. The first-order valence-electron chi connectivity index (χ1n) is 20.3. The second-order valence-corrected chi connectivity index (χ2v) is 17.9. The molecule has 306 valence electrons. The lowest BCUT2D eigenvalue weighted by atomic mass is 9.86. The maximum Gasteiger partial charge on any atom is 0.292 e. The number of hydrogen-bond acceptors (Lipinski definition) is 11. The molecule has 2 aromatic carbocycles. The van der Waals surface area contributed by atoms with E-state index in [1.54, 1.807) is 17.7 Å². The van der Waals surface area contributed by atoms with E-state index in [0.717, 1.165) is 87.0 Å². The molecule has 0 radical (unpaired) electrons. The van der Waals surface area contributed by atoms with Gasteiger partial charge in [-0.1, -0.05) is 62.3 Å². The number of H-pyrrole nitrogens is 1. The fourth-order valence-corrected chi connectivity index (χ4v) is 9.16. The Morgan fingerprint density at radius 3 is 2.47 bits per heavy atom. The third-order valence-electron chi connectivity index (χ3n) is 11.6. The number of thiophene rings is 1. The van der Waals surface area contributed by atoms with Crippen LogP contribution in [0.3, 0.4) is 0 Å². The van der Waals surface area contributed by atoms with Gasteiger partial charge in [-0.05, 0) is 91.7 Å². The van der Waals surface area contributed by atoms with Gasteiger partial charge in [0.05, 0.1) is 22.0 Å². The largest absolute Gasteiger partial charge is 0.345 e. The summed E-state index contributed by atoms with van der Waals surface area (Å²) in [6.45, 7) is 11.0. The average molecular weight is 823 g/mol. The first kappa shape index (κ1) is 39.2. The van der Waals surface area contributed by atoms with Gasteiger partial charge in [0.1, 0.15) is 12.0 Å². The Bertz CT molecular complexity index is 2710. The summed E-state index contributed by atoms with van der Waals surface area (Å²) in [5.74, 6) is -0.113. The van der Waals surface area contributed by atoms with Crippen molar-refractivity contribution in [2.45, 2.75) is 83.7 Å². The van der Waals surface area contributed by atoms with Crippen LogP contribution in [0, 0.1) is 6.92 Å². The van der Waals surface area contributed by atoms with Crippen molar-refractivity contribution in [1.82, 2.24) is 50.5 Å². The number of carbonyl (C=O) groups is 3. The second-order valence-electron chi connectivity index (χ2n) is 16.8. The molecule has 1 atom stereocenters. The molecule has 15 heteroatoms. The van der Waals surface area contributed by atoms with E-state index in [1.807, 2.05) is 56.7 Å². The van der Waals surface area contributed by atoms with Gasteiger partial charge >= 0.3 is 0 Å². The normalized spacial score (nSPS) is 16.7. The molecule has 7 heterocycles. The van der Waals surface area contributed by atoms with E-state index in [4.69, 9.17) is 4.52 Å². The summed E-state index contributed by atoms with van der Waals surface area (Å²) < 4.78 is 7.15. The number of rotatable bonds is 10. The first-order chi connectivity index (χ1) is 29.0. The minimum atomic E-state index is -0.387.